The Hall–Kier alpha value is -1.06. The van der Waals surface area contributed by atoms with Crippen molar-refractivity contribution in [1.29, 1.82) is 0 Å². The highest BCUT2D eigenvalue weighted by atomic mass is 16.5. The summed E-state index contributed by atoms with van der Waals surface area (Å²) < 4.78 is 10.9. The van der Waals surface area contributed by atoms with Crippen LogP contribution in [0.3, 0.4) is 0 Å². The normalized spacial score (nSPS) is 17.0. The Bertz CT molecular complexity index is 317. The quantitative estimate of drug-likeness (QED) is 0.724. The summed E-state index contributed by atoms with van der Waals surface area (Å²) in [4.78, 5) is 2.41. The van der Waals surface area contributed by atoms with Crippen LogP contribution in [0.2, 0.25) is 0 Å². The molecule has 0 saturated carbocycles. The maximum absolute atomic E-state index is 5.64. The lowest BCUT2D eigenvalue weighted by molar-refractivity contribution is 0.0358. The number of rotatable bonds is 5. The molecule has 2 radical (unpaired) electrons. The van der Waals surface area contributed by atoms with Crippen molar-refractivity contribution in [3.8, 4) is 5.75 Å². The van der Waals surface area contributed by atoms with Crippen molar-refractivity contribution in [1.82, 2.24) is 4.90 Å². The van der Waals surface area contributed by atoms with Gasteiger partial charge in [-0.3, -0.25) is 4.90 Å². The largest absolute Gasteiger partial charge is 0.494 e. The van der Waals surface area contributed by atoms with Crippen molar-refractivity contribution in [2.24, 2.45) is 0 Å². The highest BCUT2D eigenvalue weighted by Crippen LogP contribution is 2.11. The highest BCUT2D eigenvalue weighted by molar-refractivity contribution is 5.28. The lowest BCUT2D eigenvalue weighted by Crippen LogP contribution is -2.37. The predicted octanol–water partition coefficient (Wildman–Crippen LogP) is 1.85. The summed E-state index contributed by atoms with van der Waals surface area (Å²) in [7, 11) is 0. The van der Waals surface area contributed by atoms with E-state index in [0.717, 1.165) is 57.2 Å². The number of hydrogen-bond acceptors (Lipinski definition) is 3. The van der Waals surface area contributed by atoms with Gasteiger partial charge in [-0.2, -0.15) is 0 Å². The average molecular weight is 233 g/mol. The molecule has 1 fully saturated rings. The third-order valence-electron chi connectivity index (χ3n) is 2.87. The lowest BCUT2D eigenvalue weighted by Gasteiger charge is -2.26. The number of hydrogen-bond donors (Lipinski definition) is 0. The minimum atomic E-state index is 0.751. The number of morpholine rings is 1. The molecular formula is C14H19NO2. The van der Waals surface area contributed by atoms with Gasteiger partial charge in [0, 0.05) is 19.6 Å². The van der Waals surface area contributed by atoms with Gasteiger partial charge in [-0.25, -0.2) is 0 Å². The number of ether oxygens (including phenoxy) is 2. The van der Waals surface area contributed by atoms with Crippen molar-refractivity contribution in [3.63, 3.8) is 0 Å². The van der Waals surface area contributed by atoms with Gasteiger partial charge in [0.2, 0.25) is 0 Å². The summed E-state index contributed by atoms with van der Waals surface area (Å²) >= 11 is 0. The third kappa shape index (κ3) is 4.36. The van der Waals surface area contributed by atoms with Gasteiger partial charge in [0.05, 0.1) is 19.8 Å². The van der Waals surface area contributed by atoms with E-state index in [1.807, 2.05) is 24.3 Å². The molecule has 0 spiro atoms. The Morgan fingerprint density at radius 3 is 2.59 bits per heavy atom. The second-order valence-electron chi connectivity index (χ2n) is 4.23. The fourth-order valence-electron chi connectivity index (χ4n) is 1.87. The standard InChI is InChI=1S/C14H19NO2/c1-13-3-5-14(6-4-13)17-10-2-7-15-8-11-16-12-9-15/h1,3-6H,2,7-12H2. The van der Waals surface area contributed by atoms with Crippen LogP contribution >= 0.6 is 0 Å². The van der Waals surface area contributed by atoms with E-state index in [0.29, 0.717) is 0 Å². The van der Waals surface area contributed by atoms with Crippen LogP contribution in [-0.2, 0) is 4.74 Å². The zero-order valence-corrected chi connectivity index (χ0v) is 10.1. The van der Waals surface area contributed by atoms with Gasteiger partial charge in [0.15, 0.2) is 0 Å². The second kappa shape index (κ2) is 6.62. The van der Waals surface area contributed by atoms with E-state index in [1.54, 1.807) is 0 Å². The Morgan fingerprint density at radius 1 is 1.18 bits per heavy atom. The Morgan fingerprint density at radius 2 is 1.88 bits per heavy atom. The topological polar surface area (TPSA) is 21.7 Å². The molecule has 0 bridgehead atoms. The van der Waals surface area contributed by atoms with E-state index in [4.69, 9.17) is 16.4 Å². The van der Waals surface area contributed by atoms with E-state index in [2.05, 4.69) is 4.90 Å². The molecule has 0 unspecified atom stereocenters. The van der Waals surface area contributed by atoms with E-state index >= 15 is 0 Å². The molecule has 3 nitrogen and oxygen atoms in total. The van der Waals surface area contributed by atoms with Gasteiger partial charge in [-0.05, 0) is 31.0 Å². The monoisotopic (exact) mass is 233 g/mol. The first-order valence-electron chi connectivity index (χ1n) is 6.13. The number of benzene rings is 1. The molecule has 1 aromatic carbocycles. The van der Waals surface area contributed by atoms with Crippen LogP contribution in [0.15, 0.2) is 24.3 Å². The predicted molar refractivity (Wildman–Crippen MR) is 67.2 cm³/mol. The molecule has 92 valence electrons. The van der Waals surface area contributed by atoms with Crippen LogP contribution in [0.1, 0.15) is 12.0 Å². The second-order valence-corrected chi connectivity index (χ2v) is 4.23. The zero-order valence-electron chi connectivity index (χ0n) is 10.1. The van der Waals surface area contributed by atoms with E-state index in [-0.39, 0.29) is 0 Å². The van der Waals surface area contributed by atoms with Crippen LogP contribution in [-0.4, -0.2) is 44.4 Å². The molecule has 0 aromatic heterocycles. The fourth-order valence-corrected chi connectivity index (χ4v) is 1.87. The molecule has 1 aliphatic rings. The van der Waals surface area contributed by atoms with E-state index < -0.39 is 0 Å². The molecular weight excluding hydrogens is 214 g/mol. The molecule has 2 rings (SSSR count). The van der Waals surface area contributed by atoms with Crippen molar-refractivity contribution in [2.75, 3.05) is 39.5 Å². The van der Waals surface area contributed by atoms with Gasteiger partial charge < -0.3 is 9.47 Å². The van der Waals surface area contributed by atoms with Gasteiger partial charge in [-0.1, -0.05) is 12.1 Å². The molecule has 0 N–H and O–H groups in total. The number of nitrogens with zero attached hydrogens (tertiary/aromatic N) is 1. The third-order valence-corrected chi connectivity index (χ3v) is 2.87. The highest BCUT2D eigenvalue weighted by Gasteiger charge is 2.09. The summed E-state index contributed by atoms with van der Waals surface area (Å²) in [6.07, 6.45) is 1.05. The van der Waals surface area contributed by atoms with Crippen molar-refractivity contribution in [2.45, 2.75) is 6.42 Å². The maximum atomic E-state index is 5.64. The zero-order chi connectivity index (χ0) is 11.9. The molecule has 1 aromatic rings. The minimum absolute atomic E-state index is 0.751. The molecule has 1 heterocycles. The van der Waals surface area contributed by atoms with Gasteiger partial charge in [0.25, 0.3) is 0 Å². The Kier molecular flexibility index (Phi) is 4.83. The molecule has 1 saturated heterocycles. The van der Waals surface area contributed by atoms with Crippen molar-refractivity contribution in [3.05, 3.63) is 36.8 Å². The molecule has 17 heavy (non-hydrogen) atoms. The van der Waals surface area contributed by atoms with Crippen LogP contribution in [0.25, 0.3) is 0 Å². The fraction of sp³-hybridized carbons (Fsp3) is 0.500. The first-order chi connectivity index (χ1) is 8.34. The van der Waals surface area contributed by atoms with Crippen LogP contribution in [0, 0.1) is 6.92 Å². The summed E-state index contributed by atoms with van der Waals surface area (Å²) in [5.41, 5.74) is 0.769. The Labute approximate surface area is 103 Å². The SMILES string of the molecule is [CH]c1ccc(OCCCN2CCOCC2)cc1. The minimum Gasteiger partial charge on any atom is -0.494 e. The van der Waals surface area contributed by atoms with E-state index in [1.165, 1.54) is 0 Å². The molecule has 0 aliphatic carbocycles. The molecule has 0 atom stereocenters. The lowest BCUT2D eigenvalue weighted by atomic mass is 10.2. The summed E-state index contributed by atoms with van der Waals surface area (Å²) in [5, 5.41) is 0. The van der Waals surface area contributed by atoms with Crippen molar-refractivity contribution >= 4 is 0 Å². The first kappa shape index (κ1) is 12.4. The first-order valence-corrected chi connectivity index (χ1v) is 6.13. The van der Waals surface area contributed by atoms with Gasteiger partial charge in [-0.15, -0.1) is 0 Å². The molecule has 0 amide bonds. The van der Waals surface area contributed by atoms with Gasteiger partial charge in [0.1, 0.15) is 5.75 Å². The average Bonchev–Trinajstić information content (AvgIpc) is 2.38. The van der Waals surface area contributed by atoms with Crippen LogP contribution < -0.4 is 4.74 Å². The van der Waals surface area contributed by atoms with Crippen LogP contribution in [0.5, 0.6) is 5.75 Å². The van der Waals surface area contributed by atoms with Gasteiger partial charge >= 0.3 is 0 Å². The Balaban J connectivity index is 1.60. The van der Waals surface area contributed by atoms with Crippen molar-refractivity contribution < 1.29 is 9.47 Å². The molecule has 1 aliphatic heterocycles. The summed E-state index contributed by atoms with van der Waals surface area (Å²) in [5.74, 6) is 0.890. The smallest absolute Gasteiger partial charge is 0.119 e. The maximum Gasteiger partial charge on any atom is 0.119 e. The van der Waals surface area contributed by atoms with E-state index in [9.17, 15) is 0 Å². The molecule has 3 heteroatoms. The van der Waals surface area contributed by atoms with Crippen LogP contribution in [0.4, 0.5) is 0 Å². The summed E-state index contributed by atoms with van der Waals surface area (Å²) in [6.45, 7) is 11.2. The summed E-state index contributed by atoms with van der Waals surface area (Å²) in [6, 6.07) is 7.53.